The molecule has 0 saturated heterocycles. The number of ketones is 1. The number of aryl methyl sites for hydroxylation is 2. The largest absolute Gasteiger partial charge is 0.477 e. The summed E-state index contributed by atoms with van der Waals surface area (Å²) in [5, 5.41) is 0.803. The highest BCUT2D eigenvalue weighted by Crippen LogP contribution is 2.37. The molecule has 0 radical (unpaired) electrons. The molecule has 0 aliphatic heterocycles. The smallest absolute Gasteiger partial charge is 0.416 e. The van der Waals surface area contributed by atoms with Crippen molar-refractivity contribution in [3.05, 3.63) is 68.1 Å². The molecule has 0 saturated carbocycles. The Labute approximate surface area is 239 Å². The van der Waals surface area contributed by atoms with Gasteiger partial charge in [0, 0.05) is 12.0 Å². The van der Waals surface area contributed by atoms with Crippen LogP contribution in [0.5, 0.6) is 5.75 Å². The highest BCUT2D eigenvalue weighted by molar-refractivity contribution is 7.17. The molecule has 1 aromatic heterocycles. The number of esters is 1. The van der Waals surface area contributed by atoms with Crippen LogP contribution in [-0.4, -0.2) is 28.4 Å². The monoisotopic (exact) mass is 601 g/mol. The predicted molar refractivity (Wildman–Crippen MR) is 147 cm³/mol. The Kier molecular flexibility index (Phi) is 9.73. The van der Waals surface area contributed by atoms with E-state index < -0.39 is 29.4 Å². The van der Waals surface area contributed by atoms with Gasteiger partial charge in [-0.25, -0.2) is 9.78 Å². The molecule has 0 spiro atoms. The number of aromatic nitrogens is 1. The molecule has 0 aliphatic rings. The van der Waals surface area contributed by atoms with Crippen LogP contribution >= 0.6 is 34.5 Å². The molecule has 1 heterocycles. The summed E-state index contributed by atoms with van der Waals surface area (Å²) in [5.41, 5.74) is 0.203. The van der Waals surface area contributed by atoms with Crippen molar-refractivity contribution in [2.75, 3.05) is 0 Å². The van der Waals surface area contributed by atoms with Crippen molar-refractivity contribution in [2.24, 2.45) is 0 Å². The molecule has 11 heteroatoms. The van der Waals surface area contributed by atoms with Crippen molar-refractivity contribution in [2.45, 2.75) is 71.8 Å². The number of rotatable bonds is 9. The molecule has 0 N–H and O–H groups in total. The van der Waals surface area contributed by atoms with Crippen LogP contribution in [0.3, 0.4) is 0 Å². The number of halogens is 5. The first-order valence-corrected chi connectivity index (χ1v) is 13.7. The quantitative estimate of drug-likeness (QED) is 0.181. The van der Waals surface area contributed by atoms with Crippen LogP contribution in [0.4, 0.5) is 13.2 Å². The Morgan fingerprint density at radius 1 is 1.03 bits per heavy atom. The summed E-state index contributed by atoms with van der Waals surface area (Å²) < 4.78 is 49.7. The van der Waals surface area contributed by atoms with Gasteiger partial charge in [0.25, 0.3) is 0 Å². The van der Waals surface area contributed by atoms with E-state index in [1.807, 2.05) is 0 Å². The summed E-state index contributed by atoms with van der Waals surface area (Å²) in [6.07, 6.45) is -4.53. The van der Waals surface area contributed by atoms with Gasteiger partial charge in [-0.1, -0.05) is 48.3 Å². The van der Waals surface area contributed by atoms with Crippen molar-refractivity contribution >= 4 is 46.3 Å². The number of nitrogens with zero attached hydrogens (tertiary/aromatic N) is 1. The first-order valence-electron chi connectivity index (χ1n) is 12.1. The summed E-state index contributed by atoms with van der Waals surface area (Å²) in [7, 11) is 0. The number of hydrogen-bond donors (Lipinski definition) is 0. The summed E-state index contributed by atoms with van der Waals surface area (Å²) in [6, 6.07) is 7.94. The average molecular weight is 603 g/mol. The van der Waals surface area contributed by atoms with E-state index in [9.17, 15) is 22.8 Å². The van der Waals surface area contributed by atoms with Crippen molar-refractivity contribution < 1.29 is 32.2 Å². The lowest BCUT2D eigenvalue weighted by Gasteiger charge is -2.24. The third kappa shape index (κ3) is 7.96. The predicted octanol–water partition coefficient (Wildman–Crippen LogP) is 8.76. The molecule has 0 aliphatic carbocycles. The van der Waals surface area contributed by atoms with E-state index in [0.717, 1.165) is 23.5 Å². The Morgan fingerprint density at radius 2 is 1.67 bits per heavy atom. The lowest BCUT2D eigenvalue weighted by molar-refractivity contribution is -0.163. The van der Waals surface area contributed by atoms with Crippen molar-refractivity contribution in [1.29, 1.82) is 0 Å². The number of carbonyl (C=O) groups excluding carboxylic acids is 2. The Hall–Kier alpha value is -2.62. The first kappa shape index (κ1) is 30.9. The van der Waals surface area contributed by atoms with Gasteiger partial charge in [-0.15, -0.1) is 11.3 Å². The minimum Gasteiger partial charge on any atom is -0.477 e. The zero-order chi connectivity index (χ0) is 29.1. The molecule has 1 unspecified atom stereocenters. The molecular formula is C28H28Cl2F3NO4S. The fourth-order valence-corrected chi connectivity index (χ4v) is 5.14. The van der Waals surface area contributed by atoms with Gasteiger partial charge in [0.2, 0.25) is 0 Å². The minimum atomic E-state index is -4.43. The maximum atomic E-state index is 13.0. The normalized spacial score (nSPS) is 12.8. The number of benzene rings is 2. The topological polar surface area (TPSA) is 65.5 Å². The minimum absolute atomic E-state index is 0.112. The van der Waals surface area contributed by atoms with E-state index in [2.05, 4.69) is 4.98 Å². The van der Waals surface area contributed by atoms with E-state index in [-0.39, 0.29) is 34.4 Å². The molecule has 210 valence electrons. The summed E-state index contributed by atoms with van der Waals surface area (Å²) in [5.74, 6) is -0.456. The fraction of sp³-hybridized carbons (Fsp3) is 0.393. The maximum Gasteiger partial charge on any atom is 0.416 e. The highest BCUT2D eigenvalue weighted by atomic mass is 35.5. The summed E-state index contributed by atoms with van der Waals surface area (Å²) >= 11 is 14.0. The highest BCUT2D eigenvalue weighted by Gasteiger charge is 2.30. The maximum absolute atomic E-state index is 13.0. The van der Waals surface area contributed by atoms with Gasteiger partial charge in [-0.05, 0) is 64.3 Å². The second-order valence-corrected chi connectivity index (χ2v) is 11.6. The molecule has 39 heavy (non-hydrogen) atoms. The standard InChI is InChI=1S/C28H28Cl2F3NO4S/c1-6-20(26(36)38-27(3,4)5)37-21-14-10-16(22(29)23(21)30)9-13-19(35)24-15(2)34-25(39-24)17-7-11-18(12-8-17)28(31,32)33/h7-8,10-12,14,20H,6,9,13H2,1-5H3. The van der Waals surface area contributed by atoms with Gasteiger partial charge in [0.1, 0.15) is 21.4 Å². The lowest BCUT2D eigenvalue weighted by Crippen LogP contribution is -2.35. The molecule has 1 atom stereocenters. The third-order valence-corrected chi connectivity index (χ3v) is 7.72. The van der Waals surface area contributed by atoms with Crippen LogP contribution in [0.25, 0.3) is 10.6 Å². The van der Waals surface area contributed by atoms with Gasteiger partial charge in [-0.2, -0.15) is 13.2 Å². The van der Waals surface area contributed by atoms with Gasteiger partial charge in [-0.3, -0.25) is 4.79 Å². The number of thiazole rings is 1. The summed E-state index contributed by atoms with van der Waals surface area (Å²) in [6.45, 7) is 8.76. The Bertz CT molecular complexity index is 1350. The number of Topliss-reactive ketones (excluding diaryl/α,β-unsaturated/α-hetero) is 1. The van der Waals surface area contributed by atoms with Crippen LogP contribution in [0, 0.1) is 6.92 Å². The number of ether oxygens (including phenoxy) is 2. The van der Waals surface area contributed by atoms with Crippen LogP contribution in [-0.2, 0) is 22.1 Å². The van der Waals surface area contributed by atoms with E-state index in [1.165, 1.54) is 12.1 Å². The zero-order valence-electron chi connectivity index (χ0n) is 22.0. The Balaban J connectivity index is 1.69. The van der Waals surface area contributed by atoms with Crippen LogP contribution in [0.2, 0.25) is 10.0 Å². The molecule has 0 bridgehead atoms. The van der Waals surface area contributed by atoms with Gasteiger partial charge < -0.3 is 9.47 Å². The number of alkyl halides is 3. The van der Waals surface area contributed by atoms with Crippen molar-refractivity contribution in [3.63, 3.8) is 0 Å². The molecule has 2 aromatic carbocycles. The second-order valence-electron chi connectivity index (χ2n) is 9.83. The average Bonchev–Trinajstić information content (AvgIpc) is 3.24. The molecular weight excluding hydrogens is 574 g/mol. The SMILES string of the molecule is CCC(Oc1ccc(CCC(=O)c2sc(-c3ccc(C(F)(F)F)cc3)nc2C)c(Cl)c1Cl)C(=O)OC(C)(C)C. The second kappa shape index (κ2) is 12.3. The number of hydrogen-bond acceptors (Lipinski definition) is 6. The van der Waals surface area contributed by atoms with Crippen LogP contribution in [0.15, 0.2) is 36.4 Å². The molecule has 0 fully saturated rings. The first-order chi connectivity index (χ1) is 18.1. The number of carbonyl (C=O) groups is 2. The van der Waals surface area contributed by atoms with Crippen molar-refractivity contribution in [1.82, 2.24) is 4.98 Å². The molecule has 5 nitrogen and oxygen atoms in total. The summed E-state index contributed by atoms with van der Waals surface area (Å²) in [4.78, 5) is 30.2. The zero-order valence-corrected chi connectivity index (χ0v) is 24.4. The van der Waals surface area contributed by atoms with Crippen molar-refractivity contribution in [3.8, 4) is 16.3 Å². The van der Waals surface area contributed by atoms with Gasteiger partial charge in [0.15, 0.2) is 11.9 Å². The molecule has 3 aromatic rings. The van der Waals surface area contributed by atoms with E-state index in [4.69, 9.17) is 32.7 Å². The molecule has 3 rings (SSSR count). The third-order valence-electron chi connectivity index (χ3n) is 5.57. The van der Waals surface area contributed by atoms with Crippen LogP contribution in [0.1, 0.15) is 67.0 Å². The van der Waals surface area contributed by atoms with Gasteiger partial charge in [0.05, 0.1) is 21.2 Å². The van der Waals surface area contributed by atoms with E-state index in [0.29, 0.717) is 33.1 Å². The Morgan fingerprint density at radius 3 is 2.23 bits per heavy atom. The molecule has 0 amide bonds. The lowest BCUT2D eigenvalue weighted by atomic mass is 10.1. The van der Waals surface area contributed by atoms with E-state index >= 15 is 0 Å². The van der Waals surface area contributed by atoms with E-state index in [1.54, 1.807) is 46.8 Å². The van der Waals surface area contributed by atoms with Gasteiger partial charge >= 0.3 is 12.1 Å². The fourth-order valence-electron chi connectivity index (χ4n) is 3.62. The van der Waals surface area contributed by atoms with Crippen LogP contribution < -0.4 is 4.74 Å².